The van der Waals surface area contributed by atoms with E-state index in [0.29, 0.717) is 24.6 Å². The SMILES string of the molecule is CC(=O)c1cccnc1N(CCC#N)C1CC1. The number of ketones is 1. The maximum Gasteiger partial charge on any atom is 0.163 e. The first-order chi connectivity index (χ1) is 8.24. The molecule has 4 nitrogen and oxygen atoms in total. The van der Waals surface area contributed by atoms with Crippen molar-refractivity contribution in [3.8, 4) is 6.07 Å². The van der Waals surface area contributed by atoms with Gasteiger partial charge in [0.15, 0.2) is 5.78 Å². The largest absolute Gasteiger partial charge is 0.352 e. The molecule has 1 aromatic rings. The Morgan fingerprint density at radius 1 is 1.65 bits per heavy atom. The van der Waals surface area contributed by atoms with Crippen molar-refractivity contribution in [1.82, 2.24) is 4.98 Å². The van der Waals surface area contributed by atoms with Gasteiger partial charge in [0.05, 0.1) is 18.1 Å². The molecule has 0 saturated heterocycles. The highest BCUT2D eigenvalue weighted by atomic mass is 16.1. The van der Waals surface area contributed by atoms with Crippen molar-refractivity contribution in [3.05, 3.63) is 23.9 Å². The van der Waals surface area contributed by atoms with E-state index in [1.807, 2.05) is 0 Å². The van der Waals surface area contributed by atoms with Crippen molar-refractivity contribution in [2.24, 2.45) is 0 Å². The summed E-state index contributed by atoms with van der Waals surface area (Å²) in [5.74, 6) is 0.758. The molecule has 0 N–H and O–H groups in total. The smallest absolute Gasteiger partial charge is 0.163 e. The van der Waals surface area contributed by atoms with Gasteiger partial charge in [-0.05, 0) is 31.9 Å². The predicted octanol–water partition coefficient (Wildman–Crippen LogP) is 2.17. The number of rotatable bonds is 5. The molecule has 2 rings (SSSR count). The fourth-order valence-corrected chi connectivity index (χ4v) is 1.92. The van der Waals surface area contributed by atoms with Crippen LogP contribution in [0, 0.1) is 11.3 Å². The van der Waals surface area contributed by atoms with Crippen molar-refractivity contribution >= 4 is 11.6 Å². The van der Waals surface area contributed by atoms with Crippen LogP contribution in [0.5, 0.6) is 0 Å². The Balaban J connectivity index is 2.29. The molecular weight excluding hydrogens is 214 g/mol. The van der Waals surface area contributed by atoms with E-state index < -0.39 is 0 Å². The second kappa shape index (κ2) is 4.96. The molecule has 1 heterocycles. The summed E-state index contributed by atoms with van der Waals surface area (Å²) in [5, 5.41) is 8.68. The summed E-state index contributed by atoms with van der Waals surface area (Å²) >= 11 is 0. The van der Waals surface area contributed by atoms with E-state index in [4.69, 9.17) is 5.26 Å². The monoisotopic (exact) mass is 229 g/mol. The highest BCUT2D eigenvalue weighted by Crippen LogP contribution is 2.32. The van der Waals surface area contributed by atoms with Gasteiger partial charge in [0.1, 0.15) is 5.82 Å². The molecule has 1 aliphatic carbocycles. The zero-order valence-electron chi connectivity index (χ0n) is 9.89. The van der Waals surface area contributed by atoms with Crippen LogP contribution >= 0.6 is 0 Å². The third-order valence-corrected chi connectivity index (χ3v) is 2.89. The normalized spacial score (nSPS) is 14.1. The molecule has 88 valence electrons. The van der Waals surface area contributed by atoms with Crippen molar-refractivity contribution in [2.45, 2.75) is 32.2 Å². The average Bonchev–Trinajstić information content (AvgIpc) is 3.14. The zero-order chi connectivity index (χ0) is 12.3. The number of carbonyl (C=O) groups excluding carboxylic acids is 1. The Hall–Kier alpha value is -1.89. The molecule has 1 aromatic heterocycles. The minimum absolute atomic E-state index is 0.0238. The maximum absolute atomic E-state index is 11.6. The molecule has 0 aliphatic heterocycles. The van der Waals surface area contributed by atoms with Crippen LogP contribution in [0.25, 0.3) is 0 Å². The van der Waals surface area contributed by atoms with E-state index >= 15 is 0 Å². The lowest BCUT2D eigenvalue weighted by Gasteiger charge is -2.24. The van der Waals surface area contributed by atoms with E-state index in [9.17, 15) is 4.79 Å². The van der Waals surface area contributed by atoms with Gasteiger partial charge in [-0.25, -0.2) is 4.98 Å². The molecule has 0 aromatic carbocycles. The fraction of sp³-hybridized carbons (Fsp3) is 0.462. The number of nitriles is 1. The Bertz CT molecular complexity index is 460. The van der Waals surface area contributed by atoms with Crippen molar-refractivity contribution in [2.75, 3.05) is 11.4 Å². The van der Waals surface area contributed by atoms with Gasteiger partial charge in [-0.1, -0.05) is 0 Å². The molecule has 0 unspecified atom stereocenters. The van der Waals surface area contributed by atoms with Gasteiger partial charge in [0, 0.05) is 18.8 Å². The molecule has 0 spiro atoms. The molecular formula is C13H15N3O. The molecule has 1 saturated carbocycles. The van der Waals surface area contributed by atoms with Crippen LogP contribution in [-0.4, -0.2) is 23.4 Å². The molecule has 4 heteroatoms. The third-order valence-electron chi connectivity index (χ3n) is 2.89. The van der Waals surface area contributed by atoms with E-state index in [-0.39, 0.29) is 5.78 Å². The van der Waals surface area contributed by atoms with E-state index in [2.05, 4.69) is 16.0 Å². The van der Waals surface area contributed by atoms with Gasteiger partial charge in [0.2, 0.25) is 0 Å². The fourth-order valence-electron chi connectivity index (χ4n) is 1.92. The topological polar surface area (TPSA) is 57.0 Å². The van der Waals surface area contributed by atoms with Crippen LogP contribution in [0.15, 0.2) is 18.3 Å². The van der Waals surface area contributed by atoms with Gasteiger partial charge in [-0.3, -0.25) is 4.79 Å². The second-order valence-corrected chi connectivity index (χ2v) is 4.26. The number of nitrogens with zero attached hydrogens (tertiary/aromatic N) is 3. The summed E-state index contributed by atoms with van der Waals surface area (Å²) in [6.45, 7) is 2.20. The molecule has 1 fully saturated rings. The number of Topliss-reactive ketones (excluding diaryl/α,β-unsaturated/α-hetero) is 1. The molecule has 0 amide bonds. The molecule has 0 atom stereocenters. The van der Waals surface area contributed by atoms with Gasteiger partial charge in [0.25, 0.3) is 0 Å². The van der Waals surface area contributed by atoms with Gasteiger partial charge >= 0.3 is 0 Å². The Labute approximate surface area is 101 Å². The number of hydrogen-bond donors (Lipinski definition) is 0. The van der Waals surface area contributed by atoms with Gasteiger partial charge in [-0.2, -0.15) is 5.26 Å². The summed E-state index contributed by atoms with van der Waals surface area (Å²) in [6.07, 6.45) is 4.41. The first-order valence-corrected chi connectivity index (χ1v) is 5.83. The molecule has 17 heavy (non-hydrogen) atoms. The van der Waals surface area contributed by atoms with Crippen LogP contribution in [0.1, 0.15) is 36.5 Å². The third kappa shape index (κ3) is 2.62. The first kappa shape index (κ1) is 11.6. The van der Waals surface area contributed by atoms with Crippen LogP contribution in [0.3, 0.4) is 0 Å². The lowest BCUT2D eigenvalue weighted by molar-refractivity contribution is 0.101. The van der Waals surface area contributed by atoms with Crippen LogP contribution in [0.4, 0.5) is 5.82 Å². The number of carbonyl (C=O) groups is 1. The lowest BCUT2D eigenvalue weighted by atomic mass is 10.1. The minimum atomic E-state index is 0.0238. The highest BCUT2D eigenvalue weighted by molar-refractivity contribution is 5.98. The first-order valence-electron chi connectivity index (χ1n) is 5.83. The van der Waals surface area contributed by atoms with E-state index in [0.717, 1.165) is 18.7 Å². The lowest BCUT2D eigenvalue weighted by Crippen LogP contribution is -2.29. The number of aromatic nitrogens is 1. The van der Waals surface area contributed by atoms with Crippen LogP contribution in [-0.2, 0) is 0 Å². The average molecular weight is 229 g/mol. The second-order valence-electron chi connectivity index (χ2n) is 4.26. The highest BCUT2D eigenvalue weighted by Gasteiger charge is 2.31. The molecule has 0 radical (unpaired) electrons. The van der Waals surface area contributed by atoms with Crippen LogP contribution in [0.2, 0.25) is 0 Å². The van der Waals surface area contributed by atoms with Crippen LogP contribution < -0.4 is 4.90 Å². The summed E-state index contributed by atoms with van der Waals surface area (Å²) in [4.78, 5) is 18.0. The Kier molecular flexibility index (Phi) is 3.38. The number of hydrogen-bond acceptors (Lipinski definition) is 4. The summed E-state index contributed by atoms with van der Waals surface area (Å²) in [7, 11) is 0. The van der Waals surface area contributed by atoms with Crippen molar-refractivity contribution in [1.29, 1.82) is 5.26 Å². The standard InChI is InChI=1S/C13H15N3O/c1-10(17)12-4-2-8-15-13(12)16(9-3-7-14)11-5-6-11/h2,4,8,11H,3,5-6,9H2,1H3. The zero-order valence-corrected chi connectivity index (χ0v) is 9.89. The van der Waals surface area contributed by atoms with E-state index in [1.165, 1.54) is 0 Å². The summed E-state index contributed by atoms with van der Waals surface area (Å²) in [6, 6.07) is 6.17. The van der Waals surface area contributed by atoms with Gasteiger partial charge < -0.3 is 4.90 Å². The van der Waals surface area contributed by atoms with Gasteiger partial charge in [-0.15, -0.1) is 0 Å². The van der Waals surface area contributed by atoms with Crippen molar-refractivity contribution < 1.29 is 4.79 Å². The minimum Gasteiger partial charge on any atom is -0.352 e. The molecule has 0 bridgehead atoms. The maximum atomic E-state index is 11.6. The number of pyridine rings is 1. The molecule has 1 aliphatic rings. The summed E-state index contributed by atoms with van der Waals surface area (Å²) < 4.78 is 0. The van der Waals surface area contributed by atoms with E-state index in [1.54, 1.807) is 25.3 Å². The Morgan fingerprint density at radius 3 is 3.00 bits per heavy atom. The Morgan fingerprint density at radius 2 is 2.41 bits per heavy atom. The predicted molar refractivity (Wildman–Crippen MR) is 64.8 cm³/mol. The number of anilines is 1. The van der Waals surface area contributed by atoms with Crippen molar-refractivity contribution in [3.63, 3.8) is 0 Å². The quantitative estimate of drug-likeness (QED) is 0.726. The summed E-state index contributed by atoms with van der Waals surface area (Å²) in [5.41, 5.74) is 0.650.